The van der Waals surface area contributed by atoms with Crippen LogP contribution in [0.1, 0.15) is 110 Å². The van der Waals surface area contributed by atoms with Gasteiger partial charge in [0.15, 0.2) is 0 Å². The van der Waals surface area contributed by atoms with Gasteiger partial charge in [0.25, 0.3) is 0 Å². The summed E-state index contributed by atoms with van der Waals surface area (Å²) in [4.78, 5) is 11.5. The first-order valence-corrected chi connectivity index (χ1v) is 15.5. The molecule has 1 heterocycles. The molecular weight excluding hydrogens is 496 g/mol. The summed E-state index contributed by atoms with van der Waals surface area (Å²) in [6.07, 6.45) is 9.76. The molecule has 0 amide bonds. The van der Waals surface area contributed by atoms with Crippen LogP contribution in [-0.2, 0) is 16.0 Å². The standard InChI is InChI=1S/C36H46O4/c1-5-30(6-2)40-34-21-31-24(4)32(20-25-7-11-27(12-8-25)28-15-17-39-18-16-28)36(38)35(33(31)19-23(34)3)29-13-9-26(22-37)10-14-29/h7-8,11-12,19,21-22,26,28-30,38H,5-6,9-10,13-18,20H2,1-4H3. The van der Waals surface area contributed by atoms with E-state index in [9.17, 15) is 9.90 Å². The zero-order valence-corrected chi connectivity index (χ0v) is 24.8. The second-order valence-corrected chi connectivity index (χ2v) is 12.1. The molecule has 0 atom stereocenters. The summed E-state index contributed by atoms with van der Waals surface area (Å²) < 4.78 is 12.0. The molecule has 1 aliphatic carbocycles. The van der Waals surface area contributed by atoms with Crippen LogP contribution in [0.2, 0.25) is 0 Å². The summed E-state index contributed by atoms with van der Waals surface area (Å²) in [5.41, 5.74) is 6.91. The first kappa shape index (κ1) is 28.7. The average molecular weight is 543 g/mol. The normalized spacial score (nSPS) is 20.2. The third-order valence-electron chi connectivity index (χ3n) is 9.63. The number of carbonyl (C=O) groups excluding carboxylic acids is 1. The molecule has 5 rings (SSSR count). The minimum absolute atomic E-state index is 0.144. The lowest BCUT2D eigenvalue weighted by Crippen LogP contribution is -2.16. The van der Waals surface area contributed by atoms with E-state index in [1.54, 1.807) is 0 Å². The molecule has 2 aliphatic rings. The van der Waals surface area contributed by atoms with Crippen molar-refractivity contribution in [3.05, 3.63) is 69.8 Å². The van der Waals surface area contributed by atoms with Gasteiger partial charge in [0, 0.05) is 36.7 Å². The summed E-state index contributed by atoms with van der Waals surface area (Å²) in [5, 5.41) is 14.2. The molecule has 2 fully saturated rings. The molecule has 1 saturated heterocycles. The van der Waals surface area contributed by atoms with Gasteiger partial charge in [0.2, 0.25) is 0 Å². The lowest BCUT2D eigenvalue weighted by Gasteiger charge is -2.29. The minimum Gasteiger partial charge on any atom is -0.507 e. The first-order chi connectivity index (χ1) is 19.4. The Hall–Kier alpha value is -2.85. The molecule has 40 heavy (non-hydrogen) atoms. The maximum atomic E-state index is 11.9. The highest BCUT2D eigenvalue weighted by Gasteiger charge is 2.29. The molecule has 4 nitrogen and oxygen atoms in total. The molecule has 1 aliphatic heterocycles. The second-order valence-electron chi connectivity index (χ2n) is 12.1. The second kappa shape index (κ2) is 12.8. The number of phenols is 1. The lowest BCUT2D eigenvalue weighted by molar-refractivity contribution is -0.111. The van der Waals surface area contributed by atoms with Gasteiger partial charge in [-0.05, 0) is 122 Å². The maximum absolute atomic E-state index is 11.9. The molecule has 0 spiro atoms. The number of aromatic hydroxyl groups is 1. The fraction of sp³-hybridized carbons (Fsp3) is 0.528. The van der Waals surface area contributed by atoms with Gasteiger partial charge in [-0.1, -0.05) is 38.1 Å². The van der Waals surface area contributed by atoms with Gasteiger partial charge in [-0.15, -0.1) is 0 Å². The highest BCUT2D eigenvalue weighted by Crippen LogP contribution is 2.47. The van der Waals surface area contributed by atoms with Crippen molar-refractivity contribution in [2.75, 3.05) is 13.2 Å². The fourth-order valence-corrected chi connectivity index (χ4v) is 6.93. The van der Waals surface area contributed by atoms with Crippen molar-refractivity contribution in [3.63, 3.8) is 0 Å². The quantitative estimate of drug-likeness (QED) is 0.275. The fourth-order valence-electron chi connectivity index (χ4n) is 6.93. The van der Waals surface area contributed by atoms with E-state index >= 15 is 0 Å². The molecule has 1 N–H and O–H groups in total. The van der Waals surface area contributed by atoms with Crippen molar-refractivity contribution in [1.29, 1.82) is 0 Å². The van der Waals surface area contributed by atoms with Gasteiger partial charge < -0.3 is 19.4 Å². The molecule has 1 saturated carbocycles. The van der Waals surface area contributed by atoms with E-state index in [-0.39, 0.29) is 17.9 Å². The SMILES string of the molecule is CCC(CC)Oc1cc2c(C)c(Cc3ccc(C4CCOCC4)cc3)c(O)c(C3CCC(C=O)CC3)c2cc1C. The van der Waals surface area contributed by atoms with E-state index in [1.165, 1.54) is 16.5 Å². The number of ether oxygens (including phenoxy) is 2. The van der Waals surface area contributed by atoms with Crippen molar-refractivity contribution < 1.29 is 19.4 Å². The summed E-state index contributed by atoms with van der Waals surface area (Å²) in [7, 11) is 0. The monoisotopic (exact) mass is 542 g/mol. The van der Waals surface area contributed by atoms with E-state index in [0.717, 1.165) is 104 Å². The zero-order chi connectivity index (χ0) is 28.2. The van der Waals surface area contributed by atoms with Crippen LogP contribution >= 0.6 is 0 Å². The Labute approximate surface area is 240 Å². The lowest BCUT2D eigenvalue weighted by atomic mass is 9.76. The third-order valence-corrected chi connectivity index (χ3v) is 9.63. The van der Waals surface area contributed by atoms with E-state index in [0.29, 0.717) is 18.1 Å². The molecule has 4 heteroatoms. The van der Waals surface area contributed by atoms with E-state index in [1.807, 2.05) is 0 Å². The highest BCUT2D eigenvalue weighted by atomic mass is 16.5. The van der Waals surface area contributed by atoms with Crippen LogP contribution in [-0.4, -0.2) is 30.7 Å². The Morgan fingerprint density at radius 3 is 2.23 bits per heavy atom. The Morgan fingerprint density at radius 1 is 0.925 bits per heavy atom. The number of carbonyl (C=O) groups is 1. The largest absolute Gasteiger partial charge is 0.507 e. The highest BCUT2D eigenvalue weighted by molar-refractivity contribution is 5.94. The Balaban J connectivity index is 1.56. The zero-order valence-electron chi connectivity index (χ0n) is 24.8. The van der Waals surface area contributed by atoms with Gasteiger partial charge in [-0.3, -0.25) is 0 Å². The summed E-state index contributed by atoms with van der Waals surface area (Å²) >= 11 is 0. The van der Waals surface area contributed by atoms with Crippen LogP contribution in [0, 0.1) is 19.8 Å². The van der Waals surface area contributed by atoms with Gasteiger partial charge in [0.1, 0.15) is 17.8 Å². The summed E-state index contributed by atoms with van der Waals surface area (Å²) in [6.45, 7) is 10.3. The Bertz CT molecular complexity index is 1310. The van der Waals surface area contributed by atoms with Crippen molar-refractivity contribution >= 4 is 17.1 Å². The number of phenolic OH excluding ortho intramolecular Hbond substituents is 1. The Morgan fingerprint density at radius 2 is 1.60 bits per heavy atom. The first-order valence-electron chi connectivity index (χ1n) is 15.5. The van der Waals surface area contributed by atoms with Crippen molar-refractivity contribution in [2.24, 2.45) is 5.92 Å². The predicted molar refractivity (Wildman–Crippen MR) is 163 cm³/mol. The molecule has 3 aromatic rings. The molecular formula is C36H46O4. The third kappa shape index (κ3) is 5.93. The van der Waals surface area contributed by atoms with Crippen LogP contribution in [0.5, 0.6) is 11.5 Å². The number of aryl methyl sites for hydroxylation is 2. The van der Waals surface area contributed by atoms with Crippen LogP contribution in [0.15, 0.2) is 36.4 Å². The summed E-state index contributed by atoms with van der Waals surface area (Å²) in [6, 6.07) is 13.5. The number of hydrogen-bond acceptors (Lipinski definition) is 4. The van der Waals surface area contributed by atoms with Crippen molar-refractivity contribution in [1.82, 2.24) is 0 Å². The van der Waals surface area contributed by atoms with Crippen LogP contribution in [0.3, 0.4) is 0 Å². The molecule has 3 aromatic carbocycles. The topological polar surface area (TPSA) is 55.8 Å². The minimum atomic E-state index is 0.144. The van der Waals surface area contributed by atoms with Crippen LogP contribution < -0.4 is 4.74 Å². The van der Waals surface area contributed by atoms with Crippen molar-refractivity contribution in [2.45, 2.75) is 103 Å². The number of fused-ring (bicyclic) bond motifs is 1. The van der Waals surface area contributed by atoms with E-state index in [2.05, 4.69) is 64.1 Å². The van der Waals surface area contributed by atoms with Crippen molar-refractivity contribution in [3.8, 4) is 11.5 Å². The number of rotatable bonds is 9. The van der Waals surface area contributed by atoms with Gasteiger partial charge in [-0.25, -0.2) is 0 Å². The maximum Gasteiger partial charge on any atom is 0.123 e. The van der Waals surface area contributed by atoms with Gasteiger partial charge >= 0.3 is 0 Å². The average Bonchev–Trinajstić information content (AvgIpc) is 2.99. The van der Waals surface area contributed by atoms with E-state index in [4.69, 9.17) is 9.47 Å². The smallest absolute Gasteiger partial charge is 0.123 e. The van der Waals surface area contributed by atoms with Gasteiger partial charge in [0.05, 0.1) is 6.10 Å². The predicted octanol–water partition coefficient (Wildman–Crippen LogP) is 8.69. The molecule has 214 valence electrons. The summed E-state index contributed by atoms with van der Waals surface area (Å²) in [5.74, 6) is 2.35. The number of hydrogen-bond donors (Lipinski definition) is 1. The molecule has 0 radical (unpaired) electrons. The number of aldehydes is 1. The van der Waals surface area contributed by atoms with Gasteiger partial charge in [-0.2, -0.15) is 0 Å². The van der Waals surface area contributed by atoms with E-state index < -0.39 is 0 Å². The Kier molecular flexibility index (Phi) is 9.15. The molecule has 0 unspecified atom stereocenters. The van der Waals surface area contributed by atoms with Crippen LogP contribution in [0.25, 0.3) is 10.8 Å². The molecule has 0 aromatic heterocycles. The number of benzene rings is 3. The molecule has 0 bridgehead atoms. The van der Waals surface area contributed by atoms with Crippen LogP contribution in [0.4, 0.5) is 0 Å².